The Morgan fingerprint density at radius 2 is 2.30 bits per heavy atom. The molecule has 3 rings (SSSR count). The lowest BCUT2D eigenvalue weighted by Crippen LogP contribution is -2.30. The molecule has 1 aliphatic heterocycles. The molecule has 0 saturated carbocycles. The molecule has 1 atom stereocenters. The summed E-state index contributed by atoms with van der Waals surface area (Å²) in [6.07, 6.45) is 3.26. The molecule has 6 nitrogen and oxygen atoms in total. The average molecular weight is 274 g/mol. The summed E-state index contributed by atoms with van der Waals surface area (Å²) in [5.74, 6) is 0.462. The molecule has 0 aromatic carbocycles. The first kappa shape index (κ1) is 13.1. The molecule has 20 heavy (non-hydrogen) atoms. The number of ether oxygens (including phenoxy) is 1. The Kier molecular flexibility index (Phi) is 3.40. The molecule has 0 bridgehead atoms. The van der Waals surface area contributed by atoms with Crippen LogP contribution in [-0.2, 0) is 9.53 Å². The van der Waals surface area contributed by atoms with Crippen LogP contribution in [0.1, 0.15) is 24.1 Å². The number of amides is 1. The van der Waals surface area contributed by atoms with Gasteiger partial charge in [0.25, 0.3) is 0 Å². The van der Waals surface area contributed by atoms with E-state index in [0.29, 0.717) is 12.4 Å². The van der Waals surface area contributed by atoms with E-state index in [2.05, 4.69) is 20.3 Å². The van der Waals surface area contributed by atoms with Crippen molar-refractivity contribution in [2.45, 2.75) is 26.7 Å². The van der Waals surface area contributed by atoms with Crippen LogP contribution in [0.4, 0.5) is 5.82 Å². The van der Waals surface area contributed by atoms with E-state index >= 15 is 0 Å². The lowest BCUT2D eigenvalue weighted by atomic mass is 10.0. The van der Waals surface area contributed by atoms with Crippen molar-refractivity contribution in [2.75, 3.05) is 18.5 Å². The van der Waals surface area contributed by atoms with Crippen LogP contribution < -0.4 is 5.32 Å². The van der Waals surface area contributed by atoms with E-state index in [4.69, 9.17) is 4.74 Å². The minimum absolute atomic E-state index is 0.0250. The molecule has 1 aliphatic rings. The summed E-state index contributed by atoms with van der Waals surface area (Å²) >= 11 is 0. The van der Waals surface area contributed by atoms with Crippen LogP contribution in [0, 0.1) is 19.8 Å². The summed E-state index contributed by atoms with van der Waals surface area (Å²) in [5, 5.41) is 3.80. The first-order chi connectivity index (χ1) is 9.66. The Balaban J connectivity index is 1.88. The van der Waals surface area contributed by atoms with Crippen LogP contribution in [0.15, 0.2) is 6.33 Å². The molecule has 2 N–H and O–H groups in total. The maximum atomic E-state index is 12.3. The second-order valence-corrected chi connectivity index (χ2v) is 5.22. The van der Waals surface area contributed by atoms with Crippen molar-refractivity contribution in [3.63, 3.8) is 0 Å². The minimum Gasteiger partial charge on any atom is -0.381 e. The summed E-state index contributed by atoms with van der Waals surface area (Å²) in [6.45, 7) is 5.22. The van der Waals surface area contributed by atoms with Crippen molar-refractivity contribution in [2.24, 2.45) is 5.92 Å². The zero-order chi connectivity index (χ0) is 14.1. The largest absolute Gasteiger partial charge is 0.381 e. The van der Waals surface area contributed by atoms with E-state index < -0.39 is 0 Å². The molecule has 106 valence electrons. The van der Waals surface area contributed by atoms with Crippen LogP contribution in [0.5, 0.6) is 0 Å². The number of nitrogens with one attached hydrogen (secondary N) is 2. The van der Waals surface area contributed by atoms with E-state index in [1.165, 1.54) is 6.33 Å². The van der Waals surface area contributed by atoms with Gasteiger partial charge in [0.1, 0.15) is 17.8 Å². The van der Waals surface area contributed by atoms with E-state index in [1.54, 1.807) is 0 Å². The van der Waals surface area contributed by atoms with Crippen molar-refractivity contribution in [1.82, 2.24) is 15.0 Å². The molecule has 1 unspecified atom stereocenters. The minimum atomic E-state index is -0.0888. The summed E-state index contributed by atoms with van der Waals surface area (Å²) < 4.78 is 5.36. The van der Waals surface area contributed by atoms with Gasteiger partial charge in [-0.1, -0.05) is 0 Å². The molecule has 0 radical (unpaired) electrons. The molecule has 0 spiro atoms. The van der Waals surface area contributed by atoms with Gasteiger partial charge in [-0.25, -0.2) is 9.97 Å². The Hall–Kier alpha value is -1.95. The molecular formula is C14H18N4O2. The summed E-state index contributed by atoms with van der Waals surface area (Å²) in [7, 11) is 0. The average Bonchev–Trinajstić information content (AvgIpc) is 2.76. The predicted molar refractivity (Wildman–Crippen MR) is 75.5 cm³/mol. The quantitative estimate of drug-likeness (QED) is 0.877. The molecule has 6 heteroatoms. The number of rotatable bonds is 2. The van der Waals surface area contributed by atoms with E-state index in [0.717, 1.165) is 41.7 Å². The number of anilines is 1. The third-order valence-corrected chi connectivity index (χ3v) is 3.86. The SMILES string of the molecule is Cc1[nH]c2ncnc(NC(=O)C3CCCOC3)c2c1C. The van der Waals surface area contributed by atoms with Gasteiger partial charge in [0.05, 0.1) is 17.9 Å². The number of carbonyl (C=O) groups excluding carboxylic acids is 1. The molecule has 2 aromatic heterocycles. The maximum Gasteiger partial charge on any atom is 0.230 e. The normalized spacial score (nSPS) is 19.2. The van der Waals surface area contributed by atoms with Crippen molar-refractivity contribution in [1.29, 1.82) is 0 Å². The Bertz CT molecular complexity index is 644. The Morgan fingerprint density at radius 1 is 1.45 bits per heavy atom. The molecule has 3 heterocycles. The second kappa shape index (κ2) is 5.20. The first-order valence-corrected chi connectivity index (χ1v) is 6.85. The monoisotopic (exact) mass is 274 g/mol. The van der Waals surface area contributed by atoms with Crippen molar-refractivity contribution in [3.05, 3.63) is 17.6 Å². The molecule has 0 aliphatic carbocycles. The fraction of sp³-hybridized carbons (Fsp3) is 0.500. The summed E-state index contributed by atoms with van der Waals surface area (Å²) in [4.78, 5) is 23.9. The number of aromatic nitrogens is 3. The van der Waals surface area contributed by atoms with Crippen molar-refractivity contribution < 1.29 is 9.53 Å². The third-order valence-electron chi connectivity index (χ3n) is 3.86. The fourth-order valence-corrected chi connectivity index (χ4v) is 2.56. The van der Waals surface area contributed by atoms with Gasteiger partial charge in [-0.2, -0.15) is 0 Å². The van der Waals surface area contributed by atoms with Gasteiger partial charge in [-0.15, -0.1) is 0 Å². The first-order valence-electron chi connectivity index (χ1n) is 6.85. The van der Waals surface area contributed by atoms with Gasteiger partial charge < -0.3 is 15.0 Å². The Morgan fingerprint density at radius 3 is 3.05 bits per heavy atom. The topological polar surface area (TPSA) is 79.9 Å². The van der Waals surface area contributed by atoms with Gasteiger partial charge in [0, 0.05) is 12.3 Å². The van der Waals surface area contributed by atoms with Crippen LogP contribution in [0.2, 0.25) is 0 Å². The highest BCUT2D eigenvalue weighted by Gasteiger charge is 2.23. The molecule has 1 fully saturated rings. The van der Waals surface area contributed by atoms with Crippen LogP contribution in [-0.4, -0.2) is 34.1 Å². The molecular weight excluding hydrogens is 256 g/mol. The number of H-pyrrole nitrogens is 1. The van der Waals surface area contributed by atoms with Gasteiger partial charge in [-0.05, 0) is 32.3 Å². The summed E-state index contributed by atoms with van der Waals surface area (Å²) in [5.41, 5.74) is 2.86. The van der Waals surface area contributed by atoms with Gasteiger partial charge in [-0.3, -0.25) is 4.79 Å². The predicted octanol–water partition coefficient (Wildman–Crippen LogP) is 1.94. The van der Waals surface area contributed by atoms with E-state index in [1.807, 2.05) is 13.8 Å². The van der Waals surface area contributed by atoms with Gasteiger partial charge in [0.15, 0.2) is 0 Å². The number of aryl methyl sites for hydroxylation is 2. The number of fused-ring (bicyclic) bond motifs is 1. The van der Waals surface area contributed by atoms with Gasteiger partial charge >= 0.3 is 0 Å². The zero-order valence-corrected chi connectivity index (χ0v) is 11.7. The number of aromatic amines is 1. The Labute approximate surface area is 117 Å². The number of hydrogen-bond acceptors (Lipinski definition) is 4. The highest BCUT2D eigenvalue weighted by atomic mass is 16.5. The standard InChI is InChI=1S/C14H18N4O2/c1-8-9(2)17-12-11(8)13(16-7-15-12)18-14(19)10-4-3-5-20-6-10/h7,10H,3-6H2,1-2H3,(H2,15,16,17,18,19). The van der Waals surface area contributed by atoms with Crippen molar-refractivity contribution in [3.8, 4) is 0 Å². The smallest absolute Gasteiger partial charge is 0.230 e. The van der Waals surface area contributed by atoms with Crippen LogP contribution in [0.25, 0.3) is 11.0 Å². The van der Waals surface area contributed by atoms with Crippen LogP contribution in [0.3, 0.4) is 0 Å². The van der Waals surface area contributed by atoms with E-state index in [9.17, 15) is 4.79 Å². The van der Waals surface area contributed by atoms with E-state index in [-0.39, 0.29) is 11.8 Å². The maximum absolute atomic E-state index is 12.3. The third kappa shape index (κ3) is 2.27. The molecule has 1 saturated heterocycles. The second-order valence-electron chi connectivity index (χ2n) is 5.22. The number of hydrogen-bond donors (Lipinski definition) is 2. The lowest BCUT2D eigenvalue weighted by molar-refractivity contribution is -0.123. The zero-order valence-electron chi connectivity index (χ0n) is 11.7. The van der Waals surface area contributed by atoms with Crippen LogP contribution >= 0.6 is 0 Å². The molecule has 2 aromatic rings. The van der Waals surface area contributed by atoms with Gasteiger partial charge in [0.2, 0.25) is 5.91 Å². The highest BCUT2D eigenvalue weighted by molar-refractivity contribution is 6.01. The highest BCUT2D eigenvalue weighted by Crippen LogP contribution is 2.26. The fourth-order valence-electron chi connectivity index (χ4n) is 2.56. The summed E-state index contributed by atoms with van der Waals surface area (Å²) in [6, 6.07) is 0. The number of carbonyl (C=O) groups is 1. The van der Waals surface area contributed by atoms with Crippen molar-refractivity contribution >= 4 is 22.8 Å². The number of nitrogens with zero attached hydrogens (tertiary/aromatic N) is 2. The molecule has 1 amide bonds. The lowest BCUT2D eigenvalue weighted by Gasteiger charge is -2.21.